The zero-order valence-corrected chi connectivity index (χ0v) is 11.2. The van der Waals surface area contributed by atoms with E-state index in [9.17, 15) is 0 Å². The van der Waals surface area contributed by atoms with Crippen molar-refractivity contribution in [2.24, 2.45) is 7.05 Å². The Bertz CT molecular complexity index is 731. The Morgan fingerprint density at radius 1 is 1.32 bits per heavy atom. The van der Waals surface area contributed by atoms with Crippen molar-refractivity contribution in [3.8, 4) is 0 Å². The van der Waals surface area contributed by atoms with Gasteiger partial charge in [-0.05, 0) is 13.8 Å². The van der Waals surface area contributed by atoms with Crippen molar-refractivity contribution in [2.45, 2.75) is 26.9 Å². The summed E-state index contributed by atoms with van der Waals surface area (Å²) in [5.74, 6) is 1.17. The van der Waals surface area contributed by atoms with Crippen molar-refractivity contribution < 1.29 is 0 Å². The number of hydrogen-bond acceptors (Lipinski definition) is 5. The summed E-state index contributed by atoms with van der Waals surface area (Å²) < 4.78 is 5.47. The summed E-state index contributed by atoms with van der Waals surface area (Å²) in [4.78, 5) is 8.60. The highest BCUT2D eigenvalue weighted by atomic mass is 15.4. The van der Waals surface area contributed by atoms with Crippen molar-refractivity contribution >= 4 is 17.1 Å². The van der Waals surface area contributed by atoms with Crippen LogP contribution in [0.15, 0.2) is 6.33 Å². The van der Waals surface area contributed by atoms with E-state index in [1.807, 2.05) is 30.1 Å². The fraction of sp³-hybridized carbons (Fsp3) is 0.455. The van der Waals surface area contributed by atoms with Gasteiger partial charge in [0.05, 0.1) is 12.2 Å². The lowest BCUT2D eigenvalue weighted by molar-refractivity contribution is 0.639. The molecule has 3 aromatic rings. The molecule has 3 aromatic heterocycles. The lowest BCUT2D eigenvalue weighted by Crippen LogP contribution is -2.10. The predicted molar refractivity (Wildman–Crippen MR) is 70.4 cm³/mol. The maximum Gasteiger partial charge on any atom is 0.202 e. The lowest BCUT2D eigenvalue weighted by Gasteiger charge is -2.05. The molecular weight excluding hydrogens is 244 g/mol. The highest BCUT2D eigenvalue weighted by molar-refractivity contribution is 5.77. The van der Waals surface area contributed by atoms with Crippen LogP contribution in [0.25, 0.3) is 11.2 Å². The maximum atomic E-state index is 5.99. The summed E-state index contributed by atoms with van der Waals surface area (Å²) in [7, 11) is 1.84. The summed E-state index contributed by atoms with van der Waals surface area (Å²) in [5.41, 5.74) is 8.64. The molecule has 0 aromatic carbocycles. The second-order valence-corrected chi connectivity index (χ2v) is 4.46. The molecule has 0 spiro atoms. The van der Waals surface area contributed by atoms with Gasteiger partial charge in [-0.15, -0.1) is 0 Å². The summed E-state index contributed by atoms with van der Waals surface area (Å²) in [6.07, 6.45) is 1.67. The molecule has 0 aliphatic carbocycles. The zero-order valence-electron chi connectivity index (χ0n) is 11.2. The molecule has 0 aliphatic rings. The van der Waals surface area contributed by atoms with Crippen LogP contribution in [0.1, 0.15) is 18.4 Å². The highest BCUT2D eigenvalue weighted by Gasteiger charge is 2.17. The first-order valence-electron chi connectivity index (χ1n) is 6.13. The quantitative estimate of drug-likeness (QED) is 0.732. The molecule has 8 nitrogen and oxygen atoms in total. The molecule has 0 saturated carbocycles. The second-order valence-electron chi connectivity index (χ2n) is 4.46. The van der Waals surface area contributed by atoms with Crippen molar-refractivity contribution in [3.63, 3.8) is 0 Å². The Balaban J connectivity index is 2.14. The standard InChI is InChI=1S/C11H16N8/c1-4-19-10-9(7(2)15-19)14-11(12)18(10)5-8-13-6-17(3)16-8/h6H,4-5H2,1-3H3,(H2,12,14). The Morgan fingerprint density at radius 3 is 2.74 bits per heavy atom. The van der Waals surface area contributed by atoms with Gasteiger partial charge in [-0.2, -0.15) is 10.2 Å². The average Bonchev–Trinajstić information content (AvgIpc) is 3.00. The van der Waals surface area contributed by atoms with Crippen LogP contribution in [0.4, 0.5) is 5.95 Å². The van der Waals surface area contributed by atoms with Crippen LogP contribution in [-0.4, -0.2) is 34.1 Å². The molecule has 0 atom stereocenters. The summed E-state index contributed by atoms with van der Waals surface area (Å²) in [6.45, 7) is 5.24. The van der Waals surface area contributed by atoms with Crippen LogP contribution in [0.3, 0.4) is 0 Å². The monoisotopic (exact) mass is 260 g/mol. The number of imidazole rings is 1. The van der Waals surface area contributed by atoms with Gasteiger partial charge in [-0.25, -0.2) is 14.6 Å². The number of rotatable bonds is 3. The number of anilines is 1. The van der Waals surface area contributed by atoms with E-state index in [0.717, 1.165) is 23.4 Å². The van der Waals surface area contributed by atoms with Gasteiger partial charge in [0.25, 0.3) is 0 Å². The van der Waals surface area contributed by atoms with Crippen molar-refractivity contribution in [3.05, 3.63) is 17.8 Å². The Hall–Kier alpha value is -2.38. The summed E-state index contributed by atoms with van der Waals surface area (Å²) in [6, 6.07) is 0. The number of aryl methyl sites for hydroxylation is 3. The molecule has 0 amide bonds. The normalized spacial score (nSPS) is 11.5. The minimum atomic E-state index is 0.463. The molecule has 0 fully saturated rings. The summed E-state index contributed by atoms with van der Waals surface area (Å²) in [5, 5.41) is 8.72. The summed E-state index contributed by atoms with van der Waals surface area (Å²) >= 11 is 0. The van der Waals surface area contributed by atoms with E-state index in [1.54, 1.807) is 11.0 Å². The van der Waals surface area contributed by atoms with Gasteiger partial charge in [0.15, 0.2) is 11.5 Å². The van der Waals surface area contributed by atoms with E-state index in [-0.39, 0.29) is 0 Å². The Morgan fingerprint density at radius 2 is 2.11 bits per heavy atom. The van der Waals surface area contributed by atoms with Gasteiger partial charge in [-0.1, -0.05) is 0 Å². The van der Waals surface area contributed by atoms with Gasteiger partial charge in [-0.3, -0.25) is 9.25 Å². The van der Waals surface area contributed by atoms with E-state index < -0.39 is 0 Å². The fourth-order valence-corrected chi connectivity index (χ4v) is 2.22. The fourth-order valence-electron chi connectivity index (χ4n) is 2.22. The first-order valence-corrected chi connectivity index (χ1v) is 6.13. The number of aromatic nitrogens is 7. The van der Waals surface area contributed by atoms with Crippen molar-refractivity contribution in [1.29, 1.82) is 0 Å². The van der Waals surface area contributed by atoms with Crippen LogP contribution >= 0.6 is 0 Å². The topological polar surface area (TPSA) is 92.4 Å². The largest absolute Gasteiger partial charge is 0.369 e. The molecule has 0 radical (unpaired) electrons. The predicted octanol–water partition coefficient (Wildman–Crippen LogP) is 0.320. The van der Waals surface area contributed by atoms with Crippen LogP contribution in [0, 0.1) is 6.92 Å². The zero-order chi connectivity index (χ0) is 13.6. The second kappa shape index (κ2) is 4.08. The molecule has 0 unspecified atom stereocenters. The molecule has 0 bridgehead atoms. The third-order valence-corrected chi connectivity index (χ3v) is 3.07. The van der Waals surface area contributed by atoms with E-state index in [2.05, 4.69) is 20.2 Å². The molecule has 3 rings (SSSR count). The van der Waals surface area contributed by atoms with Gasteiger partial charge >= 0.3 is 0 Å². The smallest absolute Gasteiger partial charge is 0.202 e. The number of nitrogens with two attached hydrogens (primary N) is 1. The third-order valence-electron chi connectivity index (χ3n) is 3.07. The highest BCUT2D eigenvalue weighted by Crippen LogP contribution is 2.21. The molecule has 3 heterocycles. The number of hydrogen-bond donors (Lipinski definition) is 1. The minimum Gasteiger partial charge on any atom is -0.369 e. The van der Waals surface area contributed by atoms with Gasteiger partial charge in [0.1, 0.15) is 11.8 Å². The molecule has 19 heavy (non-hydrogen) atoms. The van der Waals surface area contributed by atoms with Gasteiger partial charge in [0.2, 0.25) is 5.95 Å². The number of fused-ring (bicyclic) bond motifs is 1. The SMILES string of the molecule is CCn1nc(C)c2nc(N)n(Cc3ncn(C)n3)c21. The van der Waals surface area contributed by atoms with E-state index in [4.69, 9.17) is 5.73 Å². The van der Waals surface area contributed by atoms with Crippen LogP contribution in [-0.2, 0) is 20.1 Å². The van der Waals surface area contributed by atoms with Crippen molar-refractivity contribution in [2.75, 3.05) is 5.73 Å². The van der Waals surface area contributed by atoms with Crippen LogP contribution < -0.4 is 5.73 Å². The first kappa shape index (κ1) is 11.7. The molecule has 2 N–H and O–H groups in total. The van der Waals surface area contributed by atoms with E-state index in [1.165, 1.54) is 0 Å². The minimum absolute atomic E-state index is 0.463. The molecule has 0 aliphatic heterocycles. The molecule has 100 valence electrons. The molecular formula is C11H16N8. The number of nitrogen functional groups attached to an aromatic ring is 1. The van der Waals surface area contributed by atoms with Gasteiger partial charge < -0.3 is 5.73 Å². The van der Waals surface area contributed by atoms with Crippen LogP contribution in [0.2, 0.25) is 0 Å². The maximum absolute atomic E-state index is 5.99. The first-order chi connectivity index (χ1) is 9.10. The van der Waals surface area contributed by atoms with E-state index in [0.29, 0.717) is 18.3 Å². The molecule has 0 saturated heterocycles. The van der Waals surface area contributed by atoms with E-state index >= 15 is 0 Å². The van der Waals surface area contributed by atoms with Crippen LogP contribution in [0.5, 0.6) is 0 Å². The molecule has 8 heteroatoms. The Kier molecular flexibility index (Phi) is 2.51. The Labute approximate surface area is 109 Å². The van der Waals surface area contributed by atoms with Crippen molar-refractivity contribution in [1.82, 2.24) is 34.1 Å². The average molecular weight is 260 g/mol. The third kappa shape index (κ3) is 1.76. The lowest BCUT2D eigenvalue weighted by atomic mass is 10.4. The number of nitrogens with zero attached hydrogens (tertiary/aromatic N) is 7. The van der Waals surface area contributed by atoms with Gasteiger partial charge in [0, 0.05) is 13.6 Å².